The molecule has 4 aromatic carbocycles. The molecule has 53 heavy (non-hydrogen) atoms. The van der Waals surface area contributed by atoms with Crippen LogP contribution in [-0.2, 0) is 10.8 Å². The van der Waals surface area contributed by atoms with E-state index in [1.165, 1.54) is 21.9 Å². The third-order valence-electron chi connectivity index (χ3n) is 10.4. The van der Waals surface area contributed by atoms with Crippen molar-refractivity contribution in [3.05, 3.63) is 138 Å². The monoisotopic (exact) mass is 713 g/mol. The van der Waals surface area contributed by atoms with Crippen molar-refractivity contribution in [2.45, 2.75) is 78.9 Å². The smallest absolute Gasteiger partial charge is 0.145 e. The Balaban J connectivity index is 1.44. The van der Waals surface area contributed by atoms with Crippen LogP contribution in [0.4, 0.5) is 0 Å². The van der Waals surface area contributed by atoms with Crippen LogP contribution in [0.25, 0.3) is 61.5 Å². The molecular weight excluding hydrogens is 663 g/mol. The van der Waals surface area contributed by atoms with Gasteiger partial charge in [-0.25, -0.2) is 4.98 Å². The van der Waals surface area contributed by atoms with Crippen LogP contribution in [-0.4, -0.2) is 27.5 Å². The molecule has 7 aromatic rings. The number of aryl methyl sites for hydroxylation is 1. The molecular formula is C48H51N3OSi. The second kappa shape index (κ2) is 13.3. The molecule has 0 radical (unpaired) electrons. The zero-order chi connectivity index (χ0) is 37.9. The first-order valence-corrected chi connectivity index (χ1v) is 22.1. The van der Waals surface area contributed by atoms with Crippen LogP contribution in [0.15, 0.2) is 122 Å². The predicted octanol–water partition coefficient (Wildman–Crippen LogP) is 12.2. The van der Waals surface area contributed by atoms with Gasteiger partial charge in [0.05, 0.1) is 19.5 Å². The van der Waals surface area contributed by atoms with E-state index in [2.05, 4.69) is 194 Å². The van der Waals surface area contributed by atoms with Crippen molar-refractivity contribution in [2.24, 2.45) is 0 Å². The summed E-state index contributed by atoms with van der Waals surface area (Å²) in [7, 11) is -1.51. The van der Waals surface area contributed by atoms with Crippen LogP contribution in [0.2, 0.25) is 19.6 Å². The summed E-state index contributed by atoms with van der Waals surface area (Å²) in [5.74, 6) is 0.300. The Morgan fingerprint density at radius 2 is 1.25 bits per heavy atom. The second-order valence-corrected chi connectivity index (χ2v) is 22.6. The number of phenolic OH excluding ortho intramolecular Hbond substituents is 1. The summed E-state index contributed by atoms with van der Waals surface area (Å²) in [5, 5.41) is 13.2. The summed E-state index contributed by atoms with van der Waals surface area (Å²) in [6.07, 6.45) is 4.14. The largest absolute Gasteiger partial charge is 0.507 e. The van der Waals surface area contributed by atoms with Crippen molar-refractivity contribution >= 4 is 18.9 Å². The van der Waals surface area contributed by atoms with Crippen molar-refractivity contribution in [2.75, 3.05) is 0 Å². The van der Waals surface area contributed by atoms with Crippen LogP contribution >= 0.6 is 0 Å². The van der Waals surface area contributed by atoms with Gasteiger partial charge in [0.25, 0.3) is 0 Å². The minimum atomic E-state index is -1.51. The van der Waals surface area contributed by atoms with Gasteiger partial charge in [-0.15, -0.1) is 0 Å². The molecule has 4 nitrogen and oxygen atoms in total. The lowest BCUT2D eigenvalue weighted by Gasteiger charge is -2.27. The Labute approximate surface area is 316 Å². The Bertz CT molecular complexity index is 2460. The summed E-state index contributed by atoms with van der Waals surface area (Å²) in [6.45, 7) is 22.3. The molecule has 7 rings (SSSR count). The van der Waals surface area contributed by atoms with E-state index in [4.69, 9.17) is 9.97 Å². The molecule has 3 aromatic heterocycles. The van der Waals surface area contributed by atoms with E-state index in [9.17, 15) is 5.11 Å². The van der Waals surface area contributed by atoms with E-state index in [-0.39, 0.29) is 10.8 Å². The number of aromatic hydroxyl groups is 1. The third-order valence-corrected chi connectivity index (χ3v) is 12.4. The molecule has 0 fully saturated rings. The van der Waals surface area contributed by atoms with Crippen LogP contribution in [0, 0.1) is 6.92 Å². The lowest BCUT2D eigenvalue weighted by molar-refractivity contribution is 0.446. The quantitative estimate of drug-likeness (QED) is 0.175. The van der Waals surface area contributed by atoms with Gasteiger partial charge in [0, 0.05) is 40.3 Å². The summed E-state index contributed by atoms with van der Waals surface area (Å²) < 4.78 is 2.16. The number of aromatic nitrogens is 3. The molecule has 0 atom stereocenters. The average molecular weight is 714 g/mol. The molecule has 0 spiro atoms. The second-order valence-electron chi connectivity index (χ2n) is 17.5. The first-order chi connectivity index (χ1) is 25.0. The molecule has 0 amide bonds. The number of hydrogen-bond donors (Lipinski definition) is 1. The van der Waals surface area contributed by atoms with Gasteiger partial charge in [-0.3, -0.25) is 4.98 Å². The molecule has 0 aliphatic heterocycles. The van der Waals surface area contributed by atoms with Crippen LogP contribution < -0.4 is 5.19 Å². The first kappa shape index (κ1) is 36.1. The van der Waals surface area contributed by atoms with Gasteiger partial charge in [-0.2, -0.15) is 0 Å². The molecule has 0 aliphatic rings. The summed E-state index contributed by atoms with van der Waals surface area (Å²) in [6, 6.07) is 39.1. The molecule has 0 bridgehead atoms. The minimum Gasteiger partial charge on any atom is -0.507 e. The van der Waals surface area contributed by atoms with Crippen LogP contribution in [0.3, 0.4) is 0 Å². The van der Waals surface area contributed by atoms with Crippen molar-refractivity contribution in [1.82, 2.24) is 14.4 Å². The molecule has 3 heterocycles. The van der Waals surface area contributed by atoms with Gasteiger partial charge in [0.1, 0.15) is 11.4 Å². The highest BCUT2D eigenvalue weighted by atomic mass is 28.3. The van der Waals surface area contributed by atoms with Gasteiger partial charge in [-0.05, 0) is 105 Å². The number of nitrogens with zero attached hydrogens (tertiary/aromatic N) is 3. The Morgan fingerprint density at radius 3 is 1.89 bits per heavy atom. The van der Waals surface area contributed by atoms with Gasteiger partial charge in [0.15, 0.2) is 0 Å². The van der Waals surface area contributed by atoms with Crippen molar-refractivity contribution in [1.29, 1.82) is 0 Å². The van der Waals surface area contributed by atoms with E-state index in [1.54, 1.807) is 0 Å². The number of benzene rings is 4. The van der Waals surface area contributed by atoms with Crippen molar-refractivity contribution < 1.29 is 5.11 Å². The Kier molecular flexibility index (Phi) is 9.06. The maximum atomic E-state index is 11.8. The van der Waals surface area contributed by atoms with E-state index in [0.29, 0.717) is 5.75 Å². The van der Waals surface area contributed by atoms with Crippen molar-refractivity contribution in [3.63, 3.8) is 0 Å². The van der Waals surface area contributed by atoms with Gasteiger partial charge >= 0.3 is 0 Å². The van der Waals surface area contributed by atoms with Crippen LogP contribution in [0.5, 0.6) is 5.75 Å². The predicted molar refractivity (Wildman–Crippen MR) is 227 cm³/mol. The zero-order valence-corrected chi connectivity index (χ0v) is 33.8. The number of rotatable bonds is 6. The maximum Gasteiger partial charge on any atom is 0.145 e. The number of pyridine rings is 2. The summed E-state index contributed by atoms with van der Waals surface area (Å²) >= 11 is 0. The summed E-state index contributed by atoms with van der Waals surface area (Å²) in [5.41, 5.74) is 13.9. The fourth-order valence-electron chi connectivity index (χ4n) is 7.10. The zero-order valence-electron chi connectivity index (χ0n) is 32.8. The number of phenols is 1. The SMILES string of the molecule is Cc1c(-c2cc(C(C)(C)C)cc(C(C)(C)C)c2O)nc2c(-c3cc(-c4cccc(-c5ccccc5)c4)cc(-c4ccc([Si](C)(C)C)cn4)c3)cccn12. The lowest BCUT2D eigenvalue weighted by Crippen LogP contribution is -2.37. The first-order valence-electron chi connectivity index (χ1n) is 18.6. The number of fused-ring (bicyclic) bond motifs is 1. The fourth-order valence-corrected chi connectivity index (χ4v) is 8.14. The Morgan fingerprint density at radius 1 is 0.604 bits per heavy atom. The topological polar surface area (TPSA) is 50.4 Å². The number of imidazole rings is 1. The van der Waals surface area contributed by atoms with E-state index >= 15 is 0 Å². The highest BCUT2D eigenvalue weighted by Gasteiger charge is 2.28. The normalized spacial score (nSPS) is 12.4. The van der Waals surface area contributed by atoms with Crippen molar-refractivity contribution in [3.8, 4) is 61.6 Å². The number of hydrogen-bond acceptors (Lipinski definition) is 3. The van der Waals surface area contributed by atoms with E-state index in [0.717, 1.165) is 61.7 Å². The minimum absolute atomic E-state index is 0.101. The molecule has 1 N–H and O–H groups in total. The highest BCUT2D eigenvalue weighted by Crippen LogP contribution is 2.44. The fraction of sp³-hybridized carbons (Fsp3) is 0.250. The lowest BCUT2D eigenvalue weighted by atomic mass is 9.78. The molecule has 0 saturated carbocycles. The summed E-state index contributed by atoms with van der Waals surface area (Å²) in [4.78, 5) is 10.4. The average Bonchev–Trinajstić information content (AvgIpc) is 3.46. The highest BCUT2D eigenvalue weighted by molar-refractivity contribution is 6.88. The molecule has 0 aliphatic carbocycles. The van der Waals surface area contributed by atoms with E-state index < -0.39 is 8.07 Å². The maximum absolute atomic E-state index is 11.8. The van der Waals surface area contributed by atoms with Gasteiger partial charge < -0.3 is 9.51 Å². The Hall–Kier alpha value is -5.26. The van der Waals surface area contributed by atoms with Gasteiger partial charge in [0.2, 0.25) is 0 Å². The van der Waals surface area contributed by atoms with Crippen LogP contribution in [0.1, 0.15) is 58.4 Å². The molecule has 5 heteroatoms. The third kappa shape index (κ3) is 7.11. The molecule has 268 valence electrons. The van der Waals surface area contributed by atoms with E-state index in [1.807, 2.05) is 0 Å². The molecule has 0 unspecified atom stereocenters. The molecule has 0 saturated heterocycles. The standard InChI is InChI=1S/C48H51N3OSi/c1-31-44(41-28-38(47(2,3)4)29-42(45(41)52)48(5,6)7)50-46-40(20-15-23-51(31)46)36-25-35(34-19-14-18-33(24-34)32-16-12-11-13-17-32)26-37(27-36)43-22-21-39(30-49-43)53(8,9)10/h11-30,52H,1-10H3. The van der Waals surface area contributed by atoms with Gasteiger partial charge in [-0.1, -0.05) is 122 Å².